The third-order valence-electron chi connectivity index (χ3n) is 3.46. The molecular weight excluding hydrogens is 242 g/mol. The van der Waals surface area contributed by atoms with Crippen LogP contribution in [0.1, 0.15) is 17.5 Å². The Bertz CT molecular complexity index is 462. The van der Waals surface area contributed by atoms with Crippen molar-refractivity contribution in [2.75, 3.05) is 25.1 Å². The summed E-state index contributed by atoms with van der Waals surface area (Å²) in [5.74, 6) is 0.173. The van der Waals surface area contributed by atoms with E-state index in [-0.39, 0.29) is 18.6 Å². The van der Waals surface area contributed by atoms with Gasteiger partial charge >= 0.3 is 0 Å². The lowest BCUT2D eigenvalue weighted by atomic mass is 9.99. The van der Waals surface area contributed by atoms with E-state index in [1.807, 2.05) is 19.2 Å². The van der Waals surface area contributed by atoms with E-state index in [9.17, 15) is 4.79 Å². The zero-order valence-electron chi connectivity index (χ0n) is 11.2. The minimum atomic E-state index is -0.221. The molecule has 1 atom stereocenters. The molecular formula is C14H21N3O2. The molecule has 1 aromatic carbocycles. The van der Waals surface area contributed by atoms with Gasteiger partial charge in [-0.15, -0.1) is 0 Å². The molecule has 1 aliphatic heterocycles. The monoisotopic (exact) mass is 263 g/mol. The van der Waals surface area contributed by atoms with Gasteiger partial charge in [0.05, 0.1) is 6.61 Å². The van der Waals surface area contributed by atoms with Gasteiger partial charge in [-0.05, 0) is 23.6 Å². The molecule has 2 rings (SSSR count). The molecule has 1 unspecified atom stereocenters. The van der Waals surface area contributed by atoms with Crippen molar-refractivity contribution in [3.8, 4) is 0 Å². The second-order valence-corrected chi connectivity index (χ2v) is 4.99. The minimum Gasteiger partial charge on any atom is -0.395 e. The Morgan fingerprint density at radius 3 is 3.00 bits per heavy atom. The summed E-state index contributed by atoms with van der Waals surface area (Å²) in [5.41, 5.74) is 9.02. The molecule has 1 aliphatic rings. The smallest absolute Gasteiger partial charge is 0.227 e. The quantitative estimate of drug-likeness (QED) is 0.699. The van der Waals surface area contributed by atoms with Crippen LogP contribution in [0.5, 0.6) is 0 Å². The van der Waals surface area contributed by atoms with E-state index in [0.29, 0.717) is 13.0 Å². The van der Waals surface area contributed by atoms with Crippen LogP contribution in [-0.2, 0) is 17.8 Å². The number of rotatable bonds is 5. The molecule has 4 N–H and O–H groups in total. The van der Waals surface area contributed by atoms with Gasteiger partial charge < -0.3 is 21.1 Å². The molecule has 0 saturated carbocycles. The zero-order valence-corrected chi connectivity index (χ0v) is 11.2. The van der Waals surface area contributed by atoms with Gasteiger partial charge in [0.25, 0.3) is 0 Å². The molecule has 1 amide bonds. The number of aliphatic hydroxyl groups excluding tert-OH is 1. The largest absolute Gasteiger partial charge is 0.395 e. The van der Waals surface area contributed by atoms with Crippen molar-refractivity contribution >= 4 is 11.6 Å². The lowest BCUT2D eigenvalue weighted by Gasteiger charge is -2.26. The maximum atomic E-state index is 11.6. The van der Waals surface area contributed by atoms with E-state index in [0.717, 1.165) is 18.7 Å². The van der Waals surface area contributed by atoms with Crippen molar-refractivity contribution in [1.29, 1.82) is 0 Å². The number of nitrogens with one attached hydrogen (secondary N) is 1. The Kier molecular flexibility index (Phi) is 4.52. The maximum absolute atomic E-state index is 11.6. The fourth-order valence-corrected chi connectivity index (χ4v) is 2.29. The molecule has 0 bridgehead atoms. The van der Waals surface area contributed by atoms with Crippen LogP contribution in [0.25, 0.3) is 0 Å². The molecule has 0 fully saturated rings. The Morgan fingerprint density at radius 1 is 1.47 bits per heavy atom. The number of hydrogen-bond acceptors (Lipinski definition) is 4. The number of aliphatic hydroxyl groups is 1. The van der Waals surface area contributed by atoms with Crippen LogP contribution in [0.3, 0.4) is 0 Å². The SMILES string of the molecule is CN1C(=O)CCc2cc(CNCC(N)CO)ccc21. The first-order chi connectivity index (χ1) is 9.11. The van der Waals surface area contributed by atoms with Gasteiger partial charge in [-0.2, -0.15) is 0 Å². The van der Waals surface area contributed by atoms with Crippen LogP contribution in [0, 0.1) is 0 Å². The average Bonchev–Trinajstić information content (AvgIpc) is 2.43. The van der Waals surface area contributed by atoms with Gasteiger partial charge in [0, 0.05) is 38.3 Å². The van der Waals surface area contributed by atoms with Gasteiger partial charge in [-0.25, -0.2) is 0 Å². The predicted octanol–water partition coefficient (Wildman–Crippen LogP) is 0.00480. The highest BCUT2D eigenvalue weighted by Crippen LogP contribution is 2.27. The van der Waals surface area contributed by atoms with Crippen LogP contribution < -0.4 is 16.0 Å². The van der Waals surface area contributed by atoms with Crippen molar-refractivity contribution in [3.63, 3.8) is 0 Å². The number of anilines is 1. The number of fused-ring (bicyclic) bond motifs is 1. The molecule has 1 aromatic rings. The summed E-state index contributed by atoms with van der Waals surface area (Å²) in [4.78, 5) is 13.3. The topological polar surface area (TPSA) is 78.6 Å². The van der Waals surface area contributed by atoms with Gasteiger partial charge in [0.15, 0.2) is 0 Å². The standard InChI is InChI=1S/C14H21N3O2/c1-17-13-4-2-10(7-16-8-12(15)9-18)6-11(13)3-5-14(17)19/h2,4,6,12,16,18H,3,5,7-9,15H2,1H3. The van der Waals surface area contributed by atoms with Crippen molar-refractivity contribution < 1.29 is 9.90 Å². The number of aryl methyl sites for hydroxylation is 1. The number of hydrogen-bond donors (Lipinski definition) is 3. The highest BCUT2D eigenvalue weighted by molar-refractivity contribution is 5.95. The first kappa shape index (κ1) is 14.0. The Morgan fingerprint density at radius 2 is 2.26 bits per heavy atom. The summed E-state index contributed by atoms with van der Waals surface area (Å²) in [6.45, 7) is 1.30. The molecule has 5 nitrogen and oxygen atoms in total. The second-order valence-electron chi connectivity index (χ2n) is 4.99. The second kappa shape index (κ2) is 6.14. The predicted molar refractivity (Wildman–Crippen MR) is 74.9 cm³/mol. The van der Waals surface area contributed by atoms with Crippen molar-refractivity contribution in [2.24, 2.45) is 5.73 Å². The third-order valence-corrected chi connectivity index (χ3v) is 3.46. The Labute approximate surface area is 113 Å². The molecule has 5 heteroatoms. The van der Waals surface area contributed by atoms with Gasteiger partial charge in [-0.3, -0.25) is 4.79 Å². The average molecular weight is 263 g/mol. The highest BCUT2D eigenvalue weighted by Gasteiger charge is 2.20. The zero-order chi connectivity index (χ0) is 13.8. The van der Waals surface area contributed by atoms with Crippen molar-refractivity contribution in [2.45, 2.75) is 25.4 Å². The van der Waals surface area contributed by atoms with Crippen molar-refractivity contribution in [1.82, 2.24) is 5.32 Å². The number of benzene rings is 1. The lowest BCUT2D eigenvalue weighted by Crippen LogP contribution is -2.36. The highest BCUT2D eigenvalue weighted by atomic mass is 16.3. The fraction of sp³-hybridized carbons (Fsp3) is 0.500. The van der Waals surface area contributed by atoms with E-state index in [1.54, 1.807) is 4.90 Å². The van der Waals surface area contributed by atoms with Gasteiger partial charge in [0.2, 0.25) is 5.91 Å². The van der Waals surface area contributed by atoms with Crippen LogP contribution in [0.15, 0.2) is 18.2 Å². The summed E-state index contributed by atoms with van der Waals surface area (Å²) in [6.07, 6.45) is 1.39. The minimum absolute atomic E-state index is 0.00983. The van der Waals surface area contributed by atoms with Gasteiger partial charge in [-0.1, -0.05) is 12.1 Å². The Hall–Kier alpha value is -1.43. The summed E-state index contributed by atoms with van der Waals surface area (Å²) in [6, 6.07) is 5.93. The first-order valence-electron chi connectivity index (χ1n) is 6.57. The van der Waals surface area contributed by atoms with E-state index >= 15 is 0 Å². The van der Waals surface area contributed by atoms with Crippen LogP contribution >= 0.6 is 0 Å². The van der Waals surface area contributed by atoms with Crippen LogP contribution in [0.2, 0.25) is 0 Å². The molecule has 19 heavy (non-hydrogen) atoms. The lowest BCUT2D eigenvalue weighted by molar-refractivity contribution is -0.118. The number of carbonyl (C=O) groups excluding carboxylic acids is 1. The molecule has 0 radical (unpaired) electrons. The summed E-state index contributed by atoms with van der Waals surface area (Å²) < 4.78 is 0. The molecule has 0 aromatic heterocycles. The number of carbonyl (C=O) groups is 1. The third kappa shape index (κ3) is 3.32. The van der Waals surface area contributed by atoms with E-state index in [1.165, 1.54) is 11.1 Å². The summed E-state index contributed by atoms with van der Waals surface area (Å²) in [7, 11) is 1.82. The van der Waals surface area contributed by atoms with E-state index < -0.39 is 0 Å². The van der Waals surface area contributed by atoms with E-state index in [4.69, 9.17) is 10.8 Å². The molecule has 0 aliphatic carbocycles. The molecule has 104 valence electrons. The number of amides is 1. The molecule has 0 saturated heterocycles. The van der Waals surface area contributed by atoms with Crippen LogP contribution in [0.4, 0.5) is 5.69 Å². The summed E-state index contributed by atoms with van der Waals surface area (Å²) in [5, 5.41) is 12.1. The Balaban J connectivity index is 1.99. The van der Waals surface area contributed by atoms with E-state index in [2.05, 4.69) is 11.4 Å². The molecule has 1 heterocycles. The number of nitrogens with zero attached hydrogens (tertiary/aromatic N) is 1. The molecule has 0 spiro atoms. The summed E-state index contributed by atoms with van der Waals surface area (Å²) >= 11 is 0. The normalized spacial score (nSPS) is 16.4. The van der Waals surface area contributed by atoms with Crippen molar-refractivity contribution in [3.05, 3.63) is 29.3 Å². The van der Waals surface area contributed by atoms with Crippen LogP contribution in [-0.4, -0.2) is 37.3 Å². The van der Waals surface area contributed by atoms with Gasteiger partial charge in [0.1, 0.15) is 0 Å². The first-order valence-corrected chi connectivity index (χ1v) is 6.57. The maximum Gasteiger partial charge on any atom is 0.227 e. The number of nitrogens with two attached hydrogens (primary N) is 1. The fourth-order valence-electron chi connectivity index (χ4n) is 2.29.